The second-order valence-electron chi connectivity index (χ2n) is 6.65. The van der Waals surface area contributed by atoms with Gasteiger partial charge in [0.15, 0.2) is 0 Å². The number of aromatic nitrogens is 2. The third kappa shape index (κ3) is 4.03. The number of aryl methyl sites for hydroxylation is 1. The van der Waals surface area contributed by atoms with Crippen LogP contribution in [-0.4, -0.2) is 16.5 Å². The van der Waals surface area contributed by atoms with Gasteiger partial charge >= 0.3 is 0 Å². The predicted octanol–water partition coefficient (Wildman–Crippen LogP) is 4.96. The van der Waals surface area contributed by atoms with Crippen LogP contribution in [0.4, 0.5) is 21.8 Å². The molecule has 0 bridgehead atoms. The van der Waals surface area contributed by atoms with Crippen molar-refractivity contribution in [3.05, 3.63) is 76.7 Å². The quantitative estimate of drug-likeness (QED) is 0.692. The molecule has 1 aromatic heterocycles. The zero-order chi connectivity index (χ0) is 18.1. The first kappa shape index (κ1) is 19.1. The fourth-order valence-corrected chi connectivity index (χ4v) is 3.32. The lowest BCUT2D eigenvalue weighted by Crippen LogP contribution is -2.32. The second kappa shape index (κ2) is 7.92. The monoisotopic (exact) mass is 384 g/mol. The highest BCUT2D eigenvalue weighted by Gasteiger charge is 2.20. The number of nitrogens with zero attached hydrogens (tertiary/aromatic N) is 3. The van der Waals surface area contributed by atoms with Gasteiger partial charge in [-0.15, -0.1) is 12.4 Å². The van der Waals surface area contributed by atoms with Crippen molar-refractivity contribution in [1.29, 1.82) is 0 Å². The minimum absolute atomic E-state index is 0. The molecule has 1 aliphatic rings. The largest absolute Gasteiger partial charge is 0.352 e. The molecule has 2 heterocycles. The average molecular weight is 385 g/mol. The summed E-state index contributed by atoms with van der Waals surface area (Å²) in [7, 11) is 0. The van der Waals surface area contributed by atoms with E-state index in [0.717, 1.165) is 42.3 Å². The molecule has 6 heteroatoms. The summed E-state index contributed by atoms with van der Waals surface area (Å²) in [6, 6.07) is 14.8. The third-order valence-electron chi connectivity index (χ3n) is 4.89. The molecule has 2 aromatic carbocycles. The second-order valence-corrected chi connectivity index (χ2v) is 6.65. The summed E-state index contributed by atoms with van der Waals surface area (Å²) in [5, 5.41) is 3.18. The predicted molar refractivity (Wildman–Crippen MR) is 110 cm³/mol. The number of fused-ring (bicyclic) bond motifs is 1. The van der Waals surface area contributed by atoms with Crippen molar-refractivity contribution < 1.29 is 4.39 Å². The molecule has 1 aliphatic heterocycles. The van der Waals surface area contributed by atoms with Crippen LogP contribution in [0.2, 0.25) is 0 Å². The maximum absolute atomic E-state index is 13.1. The number of rotatable bonds is 3. The van der Waals surface area contributed by atoms with Gasteiger partial charge in [-0.05, 0) is 55.7 Å². The number of halogens is 2. The van der Waals surface area contributed by atoms with Crippen LogP contribution >= 0.6 is 12.4 Å². The fraction of sp³-hybridized carbons (Fsp3) is 0.238. The van der Waals surface area contributed by atoms with E-state index in [9.17, 15) is 4.39 Å². The lowest BCUT2D eigenvalue weighted by atomic mass is 9.99. The zero-order valence-corrected chi connectivity index (χ0v) is 16.2. The van der Waals surface area contributed by atoms with Crippen molar-refractivity contribution in [2.75, 3.05) is 16.8 Å². The maximum Gasteiger partial charge on any atom is 0.229 e. The van der Waals surface area contributed by atoms with Gasteiger partial charge in [0.05, 0.1) is 0 Å². The Bertz CT molecular complexity index is 943. The number of nitrogens with one attached hydrogen (secondary N) is 1. The van der Waals surface area contributed by atoms with E-state index in [1.807, 2.05) is 6.92 Å². The van der Waals surface area contributed by atoms with E-state index in [1.54, 1.807) is 12.1 Å². The molecule has 1 N–H and O–H groups in total. The van der Waals surface area contributed by atoms with Gasteiger partial charge in [0.25, 0.3) is 0 Å². The molecule has 0 amide bonds. The van der Waals surface area contributed by atoms with Gasteiger partial charge in [-0.3, -0.25) is 0 Å². The Morgan fingerprint density at radius 3 is 2.41 bits per heavy atom. The molecule has 0 aliphatic carbocycles. The maximum atomic E-state index is 13.1. The summed E-state index contributed by atoms with van der Waals surface area (Å²) in [4.78, 5) is 11.6. The Balaban J connectivity index is 0.00000210. The Morgan fingerprint density at radius 1 is 0.963 bits per heavy atom. The summed E-state index contributed by atoms with van der Waals surface area (Å²) < 4.78 is 13.1. The minimum Gasteiger partial charge on any atom is -0.352 e. The average Bonchev–Trinajstić information content (AvgIpc) is 2.66. The Hall–Kier alpha value is -2.66. The van der Waals surface area contributed by atoms with Crippen molar-refractivity contribution in [2.24, 2.45) is 0 Å². The van der Waals surface area contributed by atoms with Crippen LogP contribution < -0.4 is 10.2 Å². The first-order chi connectivity index (χ1) is 12.6. The van der Waals surface area contributed by atoms with Crippen molar-refractivity contribution in [3.8, 4) is 0 Å². The van der Waals surface area contributed by atoms with Crippen LogP contribution in [0.1, 0.15) is 22.4 Å². The lowest BCUT2D eigenvalue weighted by molar-refractivity contribution is 0.628. The van der Waals surface area contributed by atoms with E-state index < -0.39 is 0 Å². The number of hydrogen-bond donors (Lipinski definition) is 1. The van der Waals surface area contributed by atoms with Crippen LogP contribution in [0, 0.1) is 19.7 Å². The van der Waals surface area contributed by atoms with Crippen LogP contribution in [0.15, 0.2) is 48.5 Å². The molecule has 0 saturated carbocycles. The Morgan fingerprint density at radius 2 is 1.67 bits per heavy atom. The van der Waals surface area contributed by atoms with E-state index in [0.29, 0.717) is 5.95 Å². The highest BCUT2D eigenvalue weighted by Crippen LogP contribution is 2.28. The minimum atomic E-state index is -0.260. The molecule has 140 valence electrons. The van der Waals surface area contributed by atoms with Gasteiger partial charge in [0, 0.05) is 30.0 Å². The molecule has 4 nitrogen and oxygen atoms in total. The smallest absolute Gasteiger partial charge is 0.229 e. The first-order valence-corrected chi connectivity index (χ1v) is 8.80. The summed E-state index contributed by atoms with van der Waals surface area (Å²) in [6.07, 6.45) is 1.01. The van der Waals surface area contributed by atoms with Gasteiger partial charge in [-0.1, -0.05) is 24.3 Å². The van der Waals surface area contributed by atoms with Crippen molar-refractivity contribution in [2.45, 2.75) is 26.8 Å². The molecule has 3 aromatic rings. The van der Waals surface area contributed by atoms with E-state index in [4.69, 9.17) is 4.98 Å². The standard InChI is InChI=1S/C21H21FN4.ClH/c1-14-15(2)23-21(24-19-9-7-18(22)8-10-19)25-20(14)26-12-11-16-5-3-4-6-17(16)13-26;/h3-10H,11-13H2,1-2H3,(H,23,24,25);1H. The molecular formula is C21H22ClFN4. The molecule has 0 fully saturated rings. The lowest BCUT2D eigenvalue weighted by Gasteiger charge is -2.31. The SMILES string of the molecule is Cc1nc(Nc2ccc(F)cc2)nc(N2CCc3ccccc3C2)c1C.Cl. The van der Waals surface area contributed by atoms with Crippen molar-refractivity contribution in [3.63, 3.8) is 0 Å². The molecule has 0 spiro atoms. The van der Waals surface area contributed by atoms with Crippen LogP contribution in [0.3, 0.4) is 0 Å². The summed E-state index contributed by atoms with van der Waals surface area (Å²) >= 11 is 0. The fourth-order valence-electron chi connectivity index (χ4n) is 3.32. The van der Waals surface area contributed by atoms with E-state index in [2.05, 4.69) is 46.4 Å². The van der Waals surface area contributed by atoms with Gasteiger partial charge < -0.3 is 10.2 Å². The summed E-state index contributed by atoms with van der Waals surface area (Å²) in [6.45, 7) is 5.84. The molecule has 0 saturated heterocycles. The summed E-state index contributed by atoms with van der Waals surface area (Å²) in [5.74, 6) is 1.23. The Labute approximate surface area is 164 Å². The van der Waals surface area contributed by atoms with E-state index in [-0.39, 0.29) is 18.2 Å². The van der Waals surface area contributed by atoms with Gasteiger partial charge in [0.1, 0.15) is 11.6 Å². The van der Waals surface area contributed by atoms with Crippen LogP contribution in [0.25, 0.3) is 0 Å². The summed E-state index contributed by atoms with van der Waals surface area (Å²) in [5.41, 5.74) is 5.57. The number of hydrogen-bond acceptors (Lipinski definition) is 4. The number of benzene rings is 2. The van der Waals surface area contributed by atoms with Gasteiger partial charge in [0.2, 0.25) is 5.95 Å². The normalized spacial score (nSPS) is 12.9. The van der Waals surface area contributed by atoms with Gasteiger partial charge in [-0.2, -0.15) is 4.98 Å². The zero-order valence-electron chi connectivity index (χ0n) is 15.4. The molecule has 0 unspecified atom stereocenters. The van der Waals surface area contributed by atoms with Crippen LogP contribution in [0.5, 0.6) is 0 Å². The van der Waals surface area contributed by atoms with Gasteiger partial charge in [-0.25, -0.2) is 9.37 Å². The third-order valence-corrected chi connectivity index (χ3v) is 4.89. The Kier molecular flexibility index (Phi) is 5.61. The highest BCUT2D eigenvalue weighted by molar-refractivity contribution is 5.85. The van der Waals surface area contributed by atoms with Crippen molar-refractivity contribution >= 4 is 29.9 Å². The first-order valence-electron chi connectivity index (χ1n) is 8.80. The molecule has 0 atom stereocenters. The molecule has 4 rings (SSSR count). The number of anilines is 3. The molecule has 0 radical (unpaired) electrons. The van der Waals surface area contributed by atoms with E-state index in [1.165, 1.54) is 23.3 Å². The van der Waals surface area contributed by atoms with Crippen LogP contribution in [-0.2, 0) is 13.0 Å². The van der Waals surface area contributed by atoms with E-state index >= 15 is 0 Å². The highest BCUT2D eigenvalue weighted by atomic mass is 35.5. The topological polar surface area (TPSA) is 41.1 Å². The molecular weight excluding hydrogens is 363 g/mol. The molecule has 27 heavy (non-hydrogen) atoms. The van der Waals surface area contributed by atoms with Crippen molar-refractivity contribution in [1.82, 2.24) is 9.97 Å².